The number of methoxy groups -OCH3 is 2. The fourth-order valence-electron chi connectivity index (χ4n) is 1.98. The number of hydrogen-bond donors (Lipinski definition) is 3. The number of nitrogen functional groups attached to an aromatic ring is 1. The maximum atomic E-state index is 11.2. The van der Waals surface area contributed by atoms with Crippen molar-refractivity contribution in [3.63, 3.8) is 0 Å². The minimum absolute atomic E-state index is 0.0268. The average Bonchev–Trinajstić information content (AvgIpc) is 2.80. The molecule has 20 heavy (non-hydrogen) atoms. The summed E-state index contributed by atoms with van der Waals surface area (Å²) < 4.78 is 10.5. The number of ether oxygens (including phenoxy) is 2. The molecule has 2 aromatic rings. The summed E-state index contributed by atoms with van der Waals surface area (Å²) in [7, 11) is 3.04. The van der Waals surface area contributed by atoms with Crippen molar-refractivity contribution in [1.29, 1.82) is 0 Å². The zero-order valence-electron chi connectivity index (χ0n) is 11.4. The van der Waals surface area contributed by atoms with Gasteiger partial charge in [0.25, 0.3) is 0 Å². The first-order valence-corrected chi connectivity index (χ1v) is 5.79. The van der Waals surface area contributed by atoms with Crippen LogP contribution in [0.4, 0.5) is 5.95 Å². The lowest BCUT2D eigenvalue weighted by atomic mass is 10.1. The first-order chi connectivity index (χ1) is 9.47. The van der Waals surface area contributed by atoms with Crippen LogP contribution in [0.1, 0.15) is 16.1 Å². The SMILES string of the molecule is COc1cc(-c2nc(N)[nH]c2C(=O)O)c(OC)cc1C. The number of hydrogen-bond acceptors (Lipinski definition) is 5. The predicted octanol–water partition coefficient (Wildman–Crippen LogP) is 1.68. The van der Waals surface area contributed by atoms with Gasteiger partial charge in [-0.25, -0.2) is 9.78 Å². The number of carboxylic acids is 1. The number of nitrogens with zero attached hydrogens (tertiary/aromatic N) is 1. The first-order valence-electron chi connectivity index (χ1n) is 5.79. The second-order valence-corrected chi connectivity index (χ2v) is 4.17. The minimum Gasteiger partial charge on any atom is -0.496 e. The average molecular weight is 277 g/mol. The maximum absolute atomic E-state index is 11.2. The lowest BCUT2D eigenvalue weighted by molar-refractivity contribution is 0.0692. The Labute approximate surface area is 115 Å². The molecular weight excluding hydrogens is 262 g/mol. The molecule has 7 heteroatoms. The van der Waals surface area contributed by atoms with Crippen molar-refractivity contribution in [2.45, 2.75) is 6.92 Å². The highest BCUT2D eigenvalue weighted by molar-refractivity contribution is 5.94. The number of benzene rings is 1. The van der Waals surface area contributed by atoms with Gasteiger partial charge in [-0.1, -0.05) is 0 Å². The van der Waals surface area contributed by atoms with Crippen LogP contribution < -0.4 is 15.2 Å². The van der Waals surface area contributed by atoms with Crippen molar-refractivity contribution in [2.24, 2.45) is 0 Å². The summed E-state index contributed by atoms with van der Waals surface area (Å²) in [6, 6.07) is 3.43. The molecule has 7 nitrogen and oxygen atoms in total. The molecule has 1 heterocycles. The zero-order valence-corrected chi connectivity index (χ0v) is 11.4. The van der Waals surface area contributed by atoms with E-state index in [0.29, 0.717) is 17.1 Å². The van der Waals surface area contributed by atoms with E-state index in [-0.39, 0.29) is 17.3 Å². The number of aromatic nitrogens is 2. The molecule has 0 bridgehead atoms. The standard InChI is InChI=1S/C13H15N3O4/c1-6-4-9(20-3)7(5-8(6)19-2)10-11(12(17)18)16-13(14)15-10/h4-5H,1-3H3,(H,17,18)(H3,14,15,16). The van der Waals surface area contributed by atoms with Crippen LogP contribution >= 0.6 is 0 Å². The Morgan fingerprint density at radius 3 is 2.50 bits per heavy atom. The molecule has 0 fully saturated rings. The number of H-pyrrole nitrogens is 1. The Morgan fingerprint density at radius 2 is 1.95 bits per heavy atom. The largest absolute Gasteiger partial charge is 0.496 e. The molecule has 106 valence electrons. The topological polar surface area (TPSA) is 110 Å². The fraction of sp³-hybridized carbons (Fsp3) is 0.231. The lowest BCUT2D eigenvalue weighted by Gasteiger charge is -2.12. The molecule has 0 amide bonds. The Bertz CT molecular complexity index is 664. The Balaban J connectivity index is 2.71. The quantitative estimate of drug-likeness (QED) is 0.784. The van der Waals surface area contributed by atoms with Gasteiger partial charge in [-0.05, 0) is 24.6 Å². The third-order valence-corrected chi connectivity index (χ3v) is 2.91. The van der Waals surface area contributed by atoms with Crippen molar-refractivity contribution in [3.8, 4) is 22.8 Å². The fourth-order valence-corrected chi connectivity index (χ4v) is 1.98. The van der Waals surface area contributed by atoms with Gasteiger partial charge in [0.1, 0.15) is 17.2 Å². The van der Waals surface area contributed by atoms with Crippen LogP contribution in [0, 0.1) is 6.92 Å². The normalized spacial score (nSPS) is 10.3. The summed E-state index contributed by atoms with van der Waals surface area (Å²) in [6.45, 7) is 1.86. The van der Waals surface area contributed by atoms with Crippen LogP contribution in [-0.4, -0.2) is 35.3 Å². The number of nitrogens with one attached hydrogen (secondary N) is 1. The van der Waals surface area contributed by atoms with Crippen molar-refractivity contribution < 1.29 is 19.4 Å². The molecule has 4 N–H and O–H groups in total. The van der Waals surface area contributed by atoms with E-state index in [9.17, 15) is 9.90 Å². The Kier molecular flexibility index (Phi) is 3.51. The van der Waals surface area contributed by atoms with Gasteiger partial charge in [-0.15, -0.1) is 0 Å². The van der Waals surface area contributed by atoms with Crippen molar-refractivity contribution in [3.05, 3.63) is 23.4 Å². The zero-order chi connectivity index (χ0) is 14.9. The summed E-state index contributed by atoms with van der Waals surface area (Å²) in [5, 5.41) is 9.19. The number of nitrogens with two attached hydrogens (primary N) is 1. The molecule has 0 aliphatic rings. The van der Waals surface area contributed by atoms with Crippen LogP contribution in [0.3, 0.4) is 0 Å². The number of rotatable bonds is 4. The van der Waals surface area contributed by atoms with Gasteiger partial charge >= 0.3 is 5.97 Å². The third kappa shape index (κ3) is 2.25. The molecule has 0 spiro atoms. The summed E-state index contributed by atoms with van der Waals surface area (Å²) >= 11 is 0. The molecule has 1 aromatic heterocycles. The number of imidazole rings is 1. The van der Waals surface area contributed by atoms with E-state index in [1.807, 2.05) is 6.92 Å². The number of carbonyl (C=O) groups is 1. The molecule has 0 saturated heterocycles. The predicted molar refractivity (Wildman–Crippen MR) is 73.2 cm³/mol. The van der Waals surface area contributed by atoms with Gasteiger partial charge in [-0.3, -0.25) is 0 Å². The maximum Gasteiger partial charge on any atom is 0.354 e. The lowest BCUT2D eigenvalue weighted by Crippen LogP contribution is -2.01. The smallest absolute Gasteiger partial charge is 0.354 e. The highest BCUT2D eigenvalue weighted by Gasteiger charge is 2.21. The van der Waals surface area contributed by atoms with E-state index in [0.717, 1.165) is 5.56 Å². The highest BCUT2D eigenvalue weighted by Crippen LogP contribution is 2.36. The van der Waals surface area contributed by atoms with Crippen molar-refractivity contribution in [2.75, 3.05) is 20.0 Å². The summed E-state index contributed by atoms with van der Waals surface area (Å²) in [6.07, 6.45) is 0. The minimum atomic E-state index is -1.15. The van der Waals surface area contributed by atoms with Crippen LogP contribution in [-0.2, 0) is 0 Å². The Morgan fingerprint density at radius 1 is 1.30 bits per heavy atom. The number of carboxylic acid groups (broad SMARTS) is 1. The third-order valence-electron chi connectivity index (χ3n) is 2.91. The van der Waals surface area contributed by atoms with E-state index in [2.05, 4.69) is 9.97 Å². The number of aromatic amines is 1. The molecule has 0 atom stereocenters. The van der Waals surface area contributed by atoms with Crippen molar-refractivity contribution in [1.82, 2.24) is 9.97 Å². The number of anilines is 1. The molecule has 2 rings (SSSR count). The Hall–Kier alpha value is -2.70. The monoisotopic (exact) mass is 277 g/mol. The van der Waals surface area contributed by atoms with E-state index in [4.69, 9.17) is 15.2 Å². The number of aryl methyl sites for hydroxylation is 1. The van der Waals surface area contributed by atoms with E-state index >= 15 is 0 Å². The van der Waals surface area contributed by atoms with Gasteiger partial charge in [-0.2, -0.15) is 0 Å². The molecule has 1 aromatic carbocycles. The van der Waals surface area contributed by atoms with Crippen LogP contribution in [0.5, 0.6) is 11.5 Å². The van der Waals surface area contributed by atoms with E-state index in [1.165, 1.54) is 14.2 Å². The van der Waals surface area contributed by atoms with Gasteiger partial charge in [0.2, 0.25) is 0 Å². The van der Waals surface area contributed by atoms with Gasteiger partial charge in [0, 0.05) is 5.56 Å². The van der Waals surface area contributed by atoms with E-state index < -0.39 is 5.97 Å². The van der Waals surface area contributed by atoms with E-state index in [1.54, 1.807) is 12.1 Å². The molecule has 0 radical (unpaired) electrons. The number of aromatic carboxylic acids is 1. The van der Waals surface area contributed by atoms with Crippen LogP contribution in [0.15, 0.2) is 12.1 Å². The van der Waals surface area contributed by atoms with Crippen LogP contribution in [0.25, 0.3) is 11.3 Å². The first kappa shape index (κ1) is 13.7. The summed E-state index contributed by atoms with van der Waals surface area (Å²) in [5.74, 6) is -0.0131. The van der Waals surface area contributed by atoms with Gasteiger partial charge < -0.3 is 25.3 Å². The molecular formula is C13H15N3O4. The molecule has 0 unspecified atom stereocenters. The second kappa shape index (κ2) is 5.12. The molecule has 0 aliphatic carbocycles. The summed E-state index contributed by atoms with van der Waals surface area (Å²) in [5.41, 5.74) is 7.04. The highest BCUT2D eigenvalue weighted by atomic mass is 16.5. The molecule has 0 saturated carbocycles. The molecule has 0 aliphatic heterocycles. The van der Waals surface area contributed by atoms with Gasteiger partial charge in [0.05, 0.1) is 14.2 Å². The van der Waals surface area contributed by atoms with Gasteiger partial charge in [0.15, 0.2) is 11.6 Å². The summed E-state index contributed by atoms with van der Waals surface area (Å²) in [4.78, 5) is 17.8. The van der Waals surface area contributed by atoms with Crippen molar-refractivity contribution >= 4 is 11.9 Å². The van der Waals surface area contributed by atoms with Crippen LogP contribution in [0.2, 0.25) is 0 Å². The second-order valence-electron chi connectivity index (χ2n) is 4.17.